The molecule has 0 amide bonds. The average molecular weight is 231 g/mol. The SMILES string of the molecule is CC(CCO)CNc1ncnc(Cl)c1N. The third-order valence-electron chi connectivity index (χ3n) is 2.08. The van der Waals surface area contributed by atoms with Crippen LogP contribution in [0.5, 0.6) is 0 Å². The van der Waals surface area contributed by atoms with Crippen LogP contribution in [0.3, 0.4) is 0 Å². The Morgan fingerprint density at radius 1 is 1.60 bits per heavy atom. The van der Waals surface area contributed by atoms with Crippen LogP contribution in [0.1, 0.15) is 13.3 Å². The Bertz CT molecular complexity index is 321. The molecule has 1 rings (SSSR count). The largest absolute Gasteiger partial charge is 0.396 e. The molecule has 6 heteroatoms. The Kier molecular flexibility index (Phi) is 4.58. The average Bonchev–Trinajstić information content (AvgIpc) is 2.21. The van der Waals surface area contributed by atoms with Crippen molar-refractivity contribution in [2.45, 2.75) is 13.3 Å². The lowest BCUT2D eigenvalue weighted by Gasteiger charge is -2.12. The molecular weight excluding hydrogens is 216 g/mol. The van der Waals surface area contributed by atoms with E-state index in [4.69, 9.17) is 22.4 Å². The summed E-state index contributed by atoms with van der Waals surface area (Å²) in [6.07, 6.45) is 2.10. The molecular formula is C9H15ClN4O. The van der Waals surface area contributed by atoms with Crippen molar-refractivity contribution in [2.75, 3.05) is 24.2 Å². The third kappa shape index (κ3) is 3.53. The van der Waals surface area contributed by atoms with Crippen molar-refractivity contribution in [1.29, 1.82) is 0 Å². The predicted molar refractivity (Wildman–Crippen MR) is 60.8 cm³/mol. The van der Waals surface area contributed by atoms with Gasteiger partial charge in [-0.25, -0.2) is 9.97 Å². The summed E-state index contributed by atoms with van der Waals surface area (Å²) in [5, 5.41) is 12.1. The van der Waals surface area contributed by atoms with Crippen LogP contribution in [0.25, 0.3) is 0 Å². The standard InChI is InChI=1S/C9H15ClN4O/c1-6(2-3-15)4-12-9-7(11)8(10)13-5-14-9/h5-6,15H,2-4,11H2,1H3,(H,12,13,14). The van der Waals surface area contributed by atoms with Crippen molar-refractivity contribution < 1.29 is 5.11 Å². The first-order valence-corrected chi connectivity index (χ1v) is 5.13. The highest BCUT2D eigenvalue weighted by Gasteiger charge is 2.07. The van der Waals surface area contributed by atoms with Crippen molar-refractivity contribution in [3.05, 3.63) is 11.5 Å². The lowest BCUT2D eigenvalue weighted by Crippen LogP contribution is -2.14. The molecule has 0 fully saturated rings. The molecule has 0 aliphatic heterocycles. The van der Waals surface area contributed by atoms with Gasteiger partial charge in [-0.1, -0.05) is 18.5 Å². The normalized spacial score (nSPS) is 12.5. The number of hydrogen-bond acceptors (Lipinski definition) is 5. The topological polar surface area (TPSA) is 84.1 Å². The lowest BCUT2D eigenvalue weighted by atomic mass is 10.1. The van der Waals surface area contributed by atoms with Gasteiger partial charge in [0.25, 0.3) is 0 Å². The van der Waals surface area contributed by atoms with Gasteiger partial charge in [0.15, 0.2) is 11.0 Å². The van der Waals surface area contributed by atoms with Crippen molar-refractivity contribution >= 4 is 23.1 Å². The number of nitrogens with zero attached hydrogens (tertiary/aromatic N) is 2. The second kappa shape index (κ2) is 5.72. The number of halogens is 1. The highest BCUT2D eigenvalue weighted by atomic mass is 35.5. The Balaban J connectivity index is 2.54. The molecule has 0 aromatic carbocycles. The maximum atomic E-state index is 8.73. The van der Waals surface area contributed by atoms with Gasteiger partial charge >= 0.3 is 0 Å². The first-order chi connectivity index (χ1) is 7.15. The maximum absolute atomic E-state index is 8.73. The van der Waals surface area contributed by atoms with Crippen LogP contribution >= 0.6 is 11.6 Å². The van der Waals surface area contributed by atoms with Gasteiger partial charge in [-0.2, -0.15) is 0 Å². The van der Waals surface area contributed by atoms with E-state index in [9.17, 15) is 0 Å². The molecule has 0 radical (unpaired) electrons. The first-order valence-electron chi connectivity index (χ1n) is 4.75. The summed E-state index contributed by atoms with van der Waals surface area (Å²) in [4.78, 5) is 7.73. The number of nitrogens with two attached hydrogens (primary N) is 1. The van der Waals surface area contributed by atoms with E-state index in [0.29, 0.717) is 24.0 Å². The zero-order valence-electron chi connectivity index (χ0n) is 8.57. The number of nitrogens with one attached hydrogen (secondary N) is 1. The van der Waals surface area contributed by atoms with Crippen molar-refractivity contribution in [3.8, 4) is 0 Å². The molecule has 0 bridgehead atoms. The van der Waals surface area contributed by atoms with Gasteiger partial charge in [0.2, 0.25) is 0 Å². The minimum atomic E-state index is 0.183. The van der Waals surface area contributed by atoms with Gasteiger partial charge in [-0.15, -0.1) is 0 Å². The van der Waals surface area contributed by atoms with Crippen LogP contribution < -0.4 is 11.1 Å². The first kappa shape index (κ1) is 12.0. The van der Waals surface area contributed by atoms with Crippen LogP contribution in [-0.4, -0.2) is 28.2 Å². The molecule has 1 heterocycles. The zero-order chi connectivity index (χ0) is 11.3. The summed E-state index contributed by atoms with van der Waals surface area (Å²) < 4.78 is 0. The summed E-state index contributed by atoms with van der Waals surface area (Å²) in [6.45, 7) is 2.91. The van der Waals surface area contributed by atoms with Crippen LogP contribution in [0, 0.1) is 5.92 Å². The molecule has 15 heavy (non-hydrogen) atoms. The lowest BCUT2D eigenvalue weighted by molar-refractivity contribution is 0.266. The van der Waals surface area contributed by atoms with Crippen molar-refractivity contribution in [1.82, 2.24) is 9.97 Å². The summed E-state index contributed by atoms with van der Waals surface area (Å²) in [5.74, 6) is 0.892. The highest BCUT2D eigenvalue weighted by Crippen LogP contribution is 2.22. The Labute approximate surface area is 93.7 Å². The van der Waals surface area contributed by atoms with E-state index >= 15 is 0 Å². The molecule has 1 aromatic rings. The fourth-order valence-electron chi connectivity index (χ4n) is 1.11. The molecule has 4 N–H and O–H groups in total. The quantitative estimate of drug-likeness (QED) is 0.661. The van der Waals surface area contributed by atoms with Crippen molar-refractivity contribution in [2.24, 2.45) is 5.92 Å². The zero-order valence-corrected chi connectivity index (χ0v) is 9.33. The minimum Gasteiger partial charge on any atom is -0.396 e. The smallest absolute Gasteiger partial charge is 0.157 e. The van der Waals surface area contributed by atoms with E-state index in [1.807, 2.05) is 6.92 Å². The van der Waals surface area contributed by atoms with Gasteiger partial charge in [-0.3, -0.25) is 0 Å². The molecule has 1 unspecified atom stereocenters. The predicted octanol–water partition coefficient (Wildman–Crippen LogP) is 1.14. The van der Waals surface area contributed by atoms with Gasteiger partial charge in [0.05, 0.1) is 0 Å². The van der Waals surface area contributed by atoms with Gasteiger partial charge in [0, 0.05) is 13.2 Å². The maximum Gasteiger partial charge on any atom is 0.157 e. The van der Waals surface area contributed by atoms with Gasteiger partial charge in [-0.05, 0) is 12.3 Å². The fraction of sp³-hybridized carbons (Fsp3) is 0.556. The summed E-state index contributed by atoms with van der Waals surface area (Å²) in [5.41, 5.74) is 6.03. The molecule has 0 saturated heterocycles. The van der Waals surface area contributed by atoms with Gasteiger partial charge < -0.3 is 16.2 Å². The number of aliphatic hydroxyl groups excluding tert-OH is 1. The monoisotopic (exact) mass is 230 g/mol. The molecule has 0 aliphatic rings. The number of aliphatic hydroxyl groups is 1. The number of anilines is 2. The fourth-order valence-corrected chi connectivity index (χ4v) is 1.24. The summed E-state index contributed by atoms with van der Waals surface area (Å²) in [6, 6.07) is 0. The van der Waals surface area contributed by atoms with E-state index < -0.39 is 0 Å². The van der Waals surface area contributed by atoms with Crippen LogP contribution in [0.4, 0.5) is 11.5 Å². The molecule has 0 saturated carbocycles. The third-order valence-corrected chi connectivity index (χ3v) is 2.38. The second-order valence-electron chi connectivity index (χ2n) is 3.43. The van der Waals surface area contributed by atoms with Crippen LogP contribution in [0.2, 0.25) is 5.15 Å². The number of rotatable bonds is 5. The molecule has 1 atom stereocenters. The summed E-state index contributed by atoms with van der Waals surface area (Å²) >= 11 is 5.73. The van der Waals surface area contributed by atoms with E-state index in [0.717, 1.165) is 6.42 Å². The summed E-state index contributed by atoms with van der Waals surface area (Å²) in [7, 11) is 0. The van der Waals surface area contributed by atoms with Crippen molar-refractivity contribution in [3.63, 3.8) is 0 Å². The van der Waals surface area contributed by atoms with Gasteiger partial charge in [0.1, 0.15) is 12.0 Å². The number of hydrogen-bond donors (Lipinski definition) is 3. The molecule has 0 aliphatic carbocycles. The molecule has 5 nitrogen and oxygen atoms in total. The van der Waals surface area contributed by atoms with Crippen LogP contribution in [0.15, 0.2) is 6.33 Å². The molecule has 1 aromatic heterocycles. The highest BCUT2D eigenvalue weighted by molar-refractivity contribution is 6.32. The van der Waals surface area contributed by atoms with E-state index in [-0.39, 0.29) is 11.8 Å². The van der Waals surface area contributed by atoms with E-state index in [1.54, 1.807) is 0 Å². The Hall–Kier alpha value is -1.07. The number of nitrogen functional groups attached to an aromatic ring is 1. The molecule has 84 valence electrons. The van der Waals surface area contributed by atoms with E-state index in [1.165, 1.54) is 6.33 Å². The number of aromatic nitrogens is 2. The Morgan fingerprint density at radius 3 is 3.00 bits per heavy atom. The minimum absolute atomic E-state index is 0.183. The van der Waals surface area contributed by atoms with E-state index in [2.05, 4.69) is 15.3 Å². The second-order valence-corrected chi connectivity index (χ2v) is 3.78. The Morgan fingerprint density at radius 2 is 2.33 bits per heavy atom. The van der Waals surface area contributed by atoms with Crippen LogP contribution in [-0.2, 0) is 0 Å². The molecule has 0 spiro atoms.